The van der Waals surface area contributed by atoms with Crippen molar-refractivity contribution in [3.8, 4) is 0 Å². The maximum atomic E-state index is 11.6. The Morgan fingerprint density at radius 2 is 1.87 bits per heavy atom. The highest BCUT2D eigenvalue weighted by Crippen LogP contribution is 2.25. The van der Waals surface area contributed by atoms with Gasteiger partial charge < -0.3 is 5.11 Å². The number of hydrogen-bond acceptors (Lipinski definition) is 2. The Balaban J connectivity index is 2.80. The predicted molar refractivity (Wildman–Crippen MR) is 60.5 cm³/mol. The summed E-state index contributed by atoms with van der Waals surface area (Å²) in [5.41, 5.74) is -0.262. The maximum Gasteiger partial charge on any atom is 0.138 e. The Bertz CT molecular complexity index is 326. The van der Waals surface area contributed by atoms with E-state index in [9.17, 15) is 9.90 Å². The van der Waals surface area contributed by atoms with Crippen molar-refractivity contribution < 1.29 is 9.90 Å². The highest BCUT2D eigenvalue weighted by atomic mass is 16.3. The largest absolute Gasteiger partial charge is 0.385 e. The van der Waals surface area contributed by atoms with Crippen LogP contribution >= 0.6 is 0 Å². The van der Waals surface area contributed by atoms with E-state index in [1.54, 1.807) is 6.92 Å². The Hall–Kier alpha value is -1.15. The van der Waals surface area contributed by atoms with Crippen LogP contribution in [-0.4, -0.2) is 10.9 Å². The number of rotatable bonds is 4. The minimum atomic E-state index is -1.05. The van der Waals surface area contributed by atoms with E-state index >= 15 is 0 Å². The average molecular weight is 206 g/mol. The zero-order chi connectivity index (χ0) is 11.5. The first-order valence-electron chi connectivity index (χ1n) is 5.24. The van der Waals surface area contributed by atoms with Crippen LogP contribution < -0.4 is 0 Å². The van der Waals surface area contributed by atoms with Gasteiger partial charge in [0, 0.05) is 12.3 Å². The molecule has 1 unspecified atom stereocenters. The van der Waals surface area contributed by atoms with Gasteiger partial charge in [0.2, 0.25) is 0 Å². The van der Waals surface area contributed by atoms with Gasteiger partial charge in [0.05, 0.1) is 5.60 Å². The smallest absolute Gasteiger partial charge is 0.138 e. The molecule has 1 N–H and O–H groups in total. The molecule has 1 aromatic rings. The summed E-state index contributed by atoms with van der Waals surface area (Å²) >= 11 is 0. The summed E-state index contributed by atoms with van der Waals surface area (Å²) in [5, 5.41) is 10.2. The fraction of sp³-hybridized carbons (Fsp3) is 0.462. The summed E-state index contributed by atoms with van der Waals surface area (Å²) in [5.74, 6) is 0.0593. The molecule has 0 aromatic heterocycles. The molecule has 0 saturated heterocycles. The molecule has 0 amide bonds. The first kappa shape index (κ1) is 11.9. The molecule has 0 radical (unpaired) electrons. The maximum absolute atomic E-state index is 11.6. The molecular formula is C13H18O2. The van der Waals surface area contributed by atoms with Gasteiger partial charge in [-0.05, 0) is 12.5 Å². The van der Waals surface area contributed by atoms with E-state index in [-0.39, 0.29) is 18.1 Å². The zero-order valence-electron chi connectivity index (χ0n) is 9.53. The van der Waals surface area contributed by atoms with Gasteiger partial charge in [-0.2, -0.15) is 0 Å². The first-order valence-corrected chi connectivity index (χ1v) is 5.24. The van der Waals surface area contributed by atoms with Crippen LogP contribution in [0.2, 0.25) is 0 Å². The third-order valence-corrected chi connectivity index (χ3v) is 2.56. The molecule has 1 rings (SSSR count). The molecule has 0 aliphatic carbocycles. The summed E-state index contributed by atoms with van der Waals surface area (Å²) < 4.78 is 0. The van der Waals surface area contributed by atoms with E-state index < -0.39 is 5.60 Å². The Labute approximate surface area is 90.9 Å². The summed E-state index contributed by atoms with van der Waals surface area (Å²) in [6, 6.07) is 9.30. The van der Waals surface area contributed by atoms with Gasteiger partial charge >= 0.3 is 0 Å². The van der Waals surface area contributed by atoms with Gasteiger partial charge in [-0.3, -0.25) is 4.79 Å². The molecule has 82 valence electrons. The van der Waals surface area contributed by atoms with E-state index in [0.29, 0.717) is 0 Å². The zero-order valence-corrected chi connectivity index (χ0v) is 9.53. The molecule has 0 aliphatic heterocycles. The molecule has 2 nitrogen and oxygen atoms in total. The second-order valence-corrected chi connectivity index (χ2v) is 4.44. The van der Waals surface area contributed by atoms with Crippen LogP contribution in [-0.2, 0) is 10.4 Å². The minimum absolute atomic E-state index is 0.0276. The Morgan fingerprint density at radius 1 is 1.33 bits per heavy atom. The number of Topliss-reactive ketones (excluding diaryl/α,β-unsaturated/α-hetero) is 1. The van der Waals surface area contributed by atoms with Gasteiger partial charge in [0.25, 0.3) is 0 Å². The fourth-order valence-corrected chi connectivity index (χ4v) is 1.44. The average Bonchev–Trinajstić information content (AvgIpc) is 2.18. The van der Waals surface area contributed by atoms with Crippen LogP contribution in [0.4, 0.5) is 0 Å². The van der Waals surface area contributed by atoms with Gasteiger partial charge in [-0.15, -0.1) is 0 Å². The van der Waals surface area contributed by atoms with Crippen molar-refractivity contribution in [3.63, 3.8) is 0 Å². The Morgan fingerprint density at radius 3 is 2.33 bits per heavy atom. The number of ketones is 1. The normalized spacial score (nSPS) is 15.0. The lowest BCUT2D eigenvalue weighted by Gasteiger charge is -2.23. The number of aliphatic hydroxyl groups is 1. The van der Waals surface area contributed by atoms with Gasteiger partial charge in [0.15, 0.2) is 0 Å². The molecule has 15 heavy (non-hydrogen) atoms. The number of carbonyl (C=O) groups is 1. The molecule has 0 heterocycles. The van der Waals surface area contributed by atoms with E-state index in [0.717, 1.165) is 5.56 Å². The van der Waals surface area contributed by atoms with E-state index in [1.807, 2.05) is 44.2 Å². The molecule has 1 atom stereocenters. The van der Waals surface area contributed by atoms with Crippen molar-refractivity contribution in [3.05, 3.63) is 35.9 Å². The lowest BCUT2D eigenvalue weighted by Crippen LogP contribution is -2.27. The van der Waals surface area contributed by atoms with Crippen LogP contribution in [0.1, 0.15) is 32.8 Å². The summed E-state index contributed by atoms with van der Waals surface area (Å²) in [6.07, 6.45) is 0.175. The van der Waals surface area contributed by atoms with Crippen LogP contribution in [0.5, 0.6) is 0 Å². The lowest BCUT2D eigenvalue weighted by atomic mass is 9.88. The van der Waals surface area contributed by atoms with Crippen molar-refractivity contribution in [2.45, 2.75) is 32.8 Å². The van der Waals surface area contributed by atoms with Crippen LogP contribution in [0.3, 0.4) is 0 Å². The molecule has 0 aliphatic rings. The third kappa shape index (κ3) is 3.17. The van der Waals surface area contributed by atoms with E-state index in [4.69, 9.17) is 0 Å². The topological polar surface area (TPSA) is 37.3 Å². The van der Waals surface area contributed by atoms with Crippen LogP contribution in [0.25, 0.3) is 0 Å². The number of carbonyl (C=O) groups excluding carboxylic acids is 1. The van der Waals surface area contributed by atoms with Crippen LogP contribution in [0.15, 0.2) is 30.3 Å². The first-order chi connectivity index (χ1) is 6.93. The third-order valence-electron chi connectivity index (χ3n) is 2.56. The lowest BCUT2D eigenvalue weighted by molar-refractivity contribution is -0.126. The van der Waals surface area contributed by atoms with Crippen molar-refractivity contribution in [2.75, 3.05) is 0 Å². The summed E-state index contributed by atoms with van der Waals surface area (Å²) in [6.45, 7) is 5.38. The predicted octanol–water partition coefficient (Wildman–Crippen LogP) is 2.51. The van der Waals surface area contributed by atoms with Gasteiger partial charge in [0.1, 0.15) is 5.78 Å². The molecular weight excluding hydrogens is 188 g/mol. The Kier molecular flexibility index (Phi) is 3.64. The monoisotopic (exact) mass is 206 g/mol. The molecule has 0 fully saturated rings. The molecule has 2 heteroatoms. The standard InChI is InChI=1S/C13H18O2/c1-10(2)12(14)9-13(3,15)11-7-5-4-6-8-11/h4-8,10,15H,9H2,1-3H3. The van der Waals surface area contributed by atoms with Gasteiger partial charge in [-0.25, -0.2) is 0 Å². The SMILES string of the molecule is CC(C)C(=O)CC(C)(O)c1ccccc1. The minimum Gasteiger partial charge on any atom is -0.385 e. The van der Waals surface area contributed by atoms with Gasteiger partial charge in [-0.1, -0.05) is 44.2 Å². The van der Waals surface area contributed by atoms with E-state index in [1.165, 1.54) is 0 Å². The van der Waals surface area contributed by atoms with Crippen molar-refractivity contribution in [1.82, 2.24) is 0 Å². The fourth-order valence-electron chi connectivity index (χ4n) is 1.44. The molecule has 1 aromatic carbocycles. The second kappa shape index (κ2) is 4.58. The van der Waals surface area contributed by atoms with E-state index in [2.05, 4.69) is 0 Å². The van der Waals surface area contributed by atoms with Crippen LogP contribution in [0, 0.1) is 5.92 Å². The highest BCUT2D eigenvalue weighted by molar-refractivity contribution is 5.81. The van der Waals surface area contributed by atoms with Crippen molar-refractivity contribution in [1.29, 1.82) is 0 Å². The highest BCUT2D eigenvalue weighted by Gasteiger charge is 2.27. The van der Waals surface area contributed by atoms with Crippen molar-refractivity contribution >= 4 is 5.78 Å². The molecule has 0 saturated carbocycles. The molecule has 0 spiro atoms. The summed E-state index contributed by atoms with van der Waals surface area (Å²) in [7, 11) is 0. The summed E-state index contributed by atoms with van der Waals surface area (Å²) in [4.78, 5) is 11.6. The quantitative estimate of drug-likeness (QED) is 0.821. The number of hydrogen-bond donors (Lipinski definition) is 1. The van der Waals surface area contributed by atoms with Crippen molar-refractivity contribution in [2.24, 2.45) is 5.92 Å². The number of benzene rings is 1. The second-order valence-electron chi connectivity index (χ2n) is 4.44. The molecule has 0 bridgehead atoms.